The summed E-state index contributed by atoms with van der Waals surface area (Å²) in [5, 5.41) is 5.31. The Morgan fingerprint density at radius 3 is 2.34 bits per heavy atom. The van der Waals surface area contributed by atoms with E-state index in [1.807, 2.05) is 43.3 Å². The maximum Gasteiger partial charge on any atom is 0.316 e. The highest BCUT2D eigenvalue weighted by Gasteiger charge is 2.13. The number of benzene rings is 3. The van der Waals surface area contributed by atoms with Crippen LogP contribution in [0.15, 0.2) is 72.8 Å². The van der Waals surface area contributed by atoms with Gasteiger partial charge in [0.05, 0.1) is 11.0 Å². The highest BCUT2D eigenvalue weighted by molar-refractivity contribution is 6.06. The minimum Gasteiger partial charge on any atom is -0.351 e. The van der Waals surface area contributed by atoms with E-state index in [1.165, 1.54) is 0 Å². The summed E-state index contributed by atoms with van der Waals surface area (Å²) >= 11 is 0. The van der Waals surface area contributed by atoms with Gasteiger partial charge in [0.1, 0.15) is 5.82 Å². The summed E-state index contributed by atoms with van der Waals surface area (Å²) in [7, 11) is 0. The zero-order chi connectivity index (χ0) is 20.4. The van der Waals surface area contributed by atoms with Crippen LogP contribution in [0.5, 0.6) is 0 Å². The Kier molecular flexibility index (Phi) is 4.70. The zero-order valence-electron chi connectivity index (χ0n) is 15.7. The molecule has 144 valence electrons. The summed E-state index contributed by atoms with van der Waals surface area (Å²) in [6.45, 7) is 1.93. The Morgan fingerprint density at radius 2 is 1.62 bits per heavy atom. The molecule has 1 aromatic heterocycles. The maximum absolute atomic E-state index is 12.7. The maximum atomic E-state index is 12.7. The molecule has 7 nitrogen and oxygen atoms in total. The third kappa shape index (κ3) is 3.79. The number of hydrogen-bond donors (Lipinski definition) is 3. The molecule has 4 aromatic rings. The van der Waals surface area contributed by atoms with Gasteiger partial charge in [0, 0.05) is 22.6 Å². The molecule has 1 heterocycles. The van der Waals surface area contributed by atoms with Crippen LogP contribution in [0.3, 0.4) is 0 Å². The molecule has 4 N–H and O–H groups in total. The van der Waals surface area contributed by atoms with E-state index < -0.39 is 6.03 Å². The standard InChI is InChI=1S/C22H19N5O2/c1-14-24-19-12-15(10-11-20(19)27(14)18-8-3-2-4-9-18)21(28)25-16-6-5-7-17(13-16)26-22(23)29/h2-13H,1H3,(H,25,28)(H3,23,26,29). The van der Waals surface area contributed by atoms with Gasteiger partial charge in [0.15, 0.2) is 0 Å². The summed E-state index contributed by atoms with van der Waals surface area (Å²) in [4.78, 5) is 28.3. The summed E-state index contributed by atoms with van der Waals surface area (Å²) in [6, 6.07) is 21.5. The second-order valence-electron chi connectivity index (χ2n) is 6.56. The van der Waals surface area contributed by atoms with Crippen LogP contribution >= 0.6 is 0 Å². The molecule has 0 radical (unpaired) electrons. The first-order valence-corrected chi connectivity index (χ1v) is 9.04. The first-order valence-electron chi connectivity index (χ1n) is 9.04. The van der Waals surface area contributed by atoms with E-state index in [1.54, 1.807) is 36.4 Å². The molecule has 29 heavy (non-hydrogen) atoms. The van der Waals surface area contributed by atoms with E-state index in [-0.39, 0.29) is 5.91 Å². The smallest absolute Gasteiger partial charge is 0.316 e. The zero-order valence-corrected chi connectivity index (χ0v) is 15.7. The number of imidazole rings is 1. The van der Waals surface area contributed by atoms with Crippen molar-refractivity contribution in [2.24, 2.45) is 5.73 Å². The van der Waals surface area contributed by atoms with Crippen molar-refractivity contribution in [3.63, 3.8) is 0 Å². The quantitative estimate of drug-likeness (QED) is 0.493. The Balaban J connectivity index is 1.62. The Hall–Kier alpha value is -4.13. The van der Waals surface area contributed by atoms with Crippen molar-refractivity contribution in [1.29, 1.82) is 0 Å². The largest absolute Gasteiger partial charge is 0.351 e. The van der Waals surface area contributed by atoms with Crippen molar-refractivity contribution in [2.75, 3.05) is 10.6 Å². The van der Waals surface area contributed by atoms with Crippen LogP contribution < -0.4 is 16.4 Å². The number of carbonyl (C=O) groups excluding carboxylic acids is 2. The number of aromatic nitrogens is 2. The molecule has 0 atom stereocenters. The number of nitrogens with zero attached hydrogens (tertiary/aromatic N) is 2. The van der Waals surface area contributed by atoms with Crippen molar-refractivity contribution in [3.8, 4) is 5.69 Å². The monoisotopic (exact) mass is 385 g/mol. The van der Waals surface area contributed by atoms with E-state index in [0.29, 0.717) is 16.9 Å². The summed E-state index contributed by atoms with van der Waals surface area (Å²) in [5.74, 6) is 0.573. The molecule has 0 saturated carbocycles. The molecule has 4 rings (SSSR count). The first-order chi connectivity index (χ1) is 14.0. The van der Waals surface area contributed by atoms with E-state index in [9.17, 15) is 9.59 Å². The molecule has 7 heteroatoms. The van der Waals surface area contributed by atoms with Gasteiger partial charge < -0.3 is 16.4 Å². The molecular formula is C22H19N5O2. The van der Waals surface area contributed by atoms with Gasteiger partial charge in [-0.3, -0.25) is 9.36 Å². The van der Waals surface area contributed by atoms with Crippen LogP contribution in [0.4, 0.5) is 16.2 Å². The van der Waals surface area contributed by atoms with E-state index in [0.717, 1.165) is 22.5 Å². The highest BCUT2D eigenvalue weighted by atomic mass is 16.2. The van der Waals surface area contributed by atoms with Crippen LogP contribution in [-0.4, -0.2) is 21.5 Å². The fourth-order valence-electron chi connectivity index (χ4n) is 3.27. The van der Waals surface area contributed by atoms with Crippen LogP contribution in [0, 0.1) is 6.92 Å². The number of amides is 3. The van der Waals surface area contributed by atoms with Gasteiger partial charge in [-0.1, -0.05) is 24.3 Å². The van der Waals surface area contributed by atoms with Gasteiger partial charge in [-0.2, -0.15) is 0 Å². The SMILES string of the molecule is Cc1nc2cc(C(=O)Nc3cccc(NC(N)=O)c3)ccc2n1-c1ccccc1. The summed E-state index contributed by atoms with van der Waals surface area (Å²) in [5.41, 5.74) is 9.35. The number of fused-ring (bicyclic) bond motifs is 1. The fourth-order valence-corrected chi connectivity index (χ4v) is 3.27. The normalized spacial score (nSPS) is 10.7. The molecule has 0 spiro atoms. The average molecular weight is 385 g/mol. The van der Waals surface area contributed by atoms with Crippen LogP contribution in [-0.2, 0) is 0 Å². The van der Waals surface area contributed by atoms with Gasteiger partial charge in [-0.15, -0.1) is 0 Å². The molecule has 0 unspecified atom stereocenters. The van der Waals surface area contributed by atoms with E-state index in [2.05, 4.69) is 20.2 Å². The summed E-state index contributed by atoms with van der Waals surface area (Å²) < 4.78 is 2.05. The predicted molar refractivity (Wildman–Crippen MR) is 113 cm³/mol. The van der Waals surface area contributed by atoms with Crippen molar-refractivity contribution in [1.82, 2.24) is 9.55 Å². The van der Waals surface area contributed by atoms with Crippen molar-refractivity contribution in [2.45, 2.75) is 6.92 Å². The lowest BCUT2D eigenvalue weighted by atomic mass is 10.1. The van der Waals surface area contributed by atoms with Crippen molar-refractivity contribution in [3.05, 3.63) is 84.2 Å². The minimum atomic E-state index is -0.664. The number of anilines is 2. The lowest BCUT2D eigenvalue weighted by Gasteiger charge is -2.09. The first kappa shape index (κ1) is 18.2. The lowest BCUT2D eigenvalue weighted by molar-refractivity contribution is 0.102. The third-order valence-corrected chi connectivity index (χ3v) is 4.49. The predicted octanol–water partition coefficient (Wildman–Crippen LogP) is 4.08. The van der Waals surface area contributed by atoms with Crippen LogP contribution in [0.25, 0.3) is 16.7 Å². The second-order valence-corrected chi connectivity index (χ2v) is 6.56. The number of primary amides is 1. The van der Waals surface area contributed by atoms with E-state index >= 15 is 0 Å². The van der Waals surface area contributed by atoms with Crippen molar-refractivity contribution < 1.29 is 9.59 Å². The molecular weight excluding hydrogens is 366 g/mol. The Labute approximate surface area is 167 Å². The minimum absolute atomic E-state index is 0.268. The molecule has 0 saturated heterocycles. The number of aryl methyl sites for hydroxylation is 1. The van der Waals surface area contributed by atoms with Gasteiger partial charge >= 0.3 is 6.03 Å². The number of hydrogen-bond acceptors (Lipinski definition) is 3. The molecule has 0 aliphatic carbocycles. The third-order valence-electron chi connectivity index (χ3n) is 4.49. The van der Waals surface area contributed by atoms with Crippen molar-refractivity contribution >= 4 is 34.3 Å². The molecule has 0 aliphatic heterocycles. The number of nitrogens with two attached hydrogens (primary N) is 1. The Morgan fingerprint density at radius 1 is 0.897 bits per heavy atom. The van der Waals surface area contributed by atoms with E-state index in [4.69, 9.17) is 5.73 Å². The molecule has 0 aliphatic rings. The van der Waals surface area contributed by atoms with Gasteiger partial charge in [0.2, 0.25) is 0 Å². The molecule has 3 amide bonds. The molecule has 0 fully saturated rings. The number of nitrogens with one attached hydrogen (secondary N) is 2. The highest BCUT2D eigenvalue weighted by Crippen LogP contribution is 2.23. The van der Waals surface area contributed by atoms with Crippen LogP contribution in [0.2, 0.25) is 0 Å². The van der Waals surface area contributed by atoms with Gasteiger partial charge in [-0.05, 0) is 55.5 Å². The number of para-hydroxylation sites is 1. The van der Waals surface area contributed by atoms with Crippen LogP contribution in [0.1, 0.15) is 16.2 Å². The second kappa shape index (κ2) is 7.47. The topological polar surface area (TPSA) is 102 Å². The number of rotatable bonds is 4. The number of carbonyl (C=O) groups is 2. The lowest BCUT2D eigenvalue weighted by Crippen LogP contribution is -2.19. The number of urea groups is 1. The summed E-state index contributed by atoms with van der Waals surface area (Å²) in [6.07, 6.45) is 0. The van der Waals surface area contributed by atoms with Gasteiger partial charge in [-0.25, -0.2) is 9.78 Å². The fraction of sp³-hybridized carbons (Fsp3) is 0.0455. The Bertz CT molecular complexity index is 1210. The average Bonchev–Trinajstić information content (AvgIpc) is 3.03. The molecule has 3 aromatic carbocycles. The molecule has 0 bridgehead atoms. The van der Waals surface area contributed by atoms with Gasteiger partial charge in [0.25, 0.3) is 5.91 Å².